The van der Waals surface area contributed by atoms with E-state index >= 15 is 0 Å². The molecular formula is C17H16BrClN2O3. The van der Waals surface area contributed by atoms with Gasteiger partial charge in [0.15, 0.2) is 11.5 Å². The van der Waals surface area contributed by atoms with Gasteiger partial charge < -0.3 is 9.84 Å². The van der Waals surface area contributed by atoms with Crippen molar-refractivity contribution in [2.24, 2.45) is 5.10 Å². The van der Waals surface area contributed by atoms with Gasteiger partial charge in [-0.3, -0.25) is 4.79 Å². The van der Waals surface area contributed by atoms with Crippen LogP contribution in [-0.4, -0.2) is 23.8 Å². The van der Waals surface area contributed by atoms with Crippen LogP contribution in [0.3, 0.4) is 0 Å². The Morgan fingerprint density at radius 1 is 1.42 bits per heavy atom. The van der Waals surface area contributed by atoms with Crippen LogP contribution in [0.2, 0.25) is 5.02 Å². The minimum Gasteiger partial charge on any atom is -0.504 e. The van der Waals surface area contributed by atoms with Gasteiger partial charge in [-0.1, -0.05) is 33.6 Å². The third-order valence-corrected chi connectivity index (χ3v) is 3.88. The second kappa shape index (κ2) is 8.17. The molecule has 1 amide bonds. The van der Waals surface area contributed by atoms with Crippen LogP contribution >= 0.6 is 27.5 Å². The minimum atomic E-state index is -0.434. The molecule has 0 aromatic heterocycles. The Labute approximate surface area is 153 Å². The number of carbonyl (C=O) groups excluding carboxylic acids is 1. The van der Waals surface area contributed by atoms with E-state index in [2.05, 4.69) is 26.5 Å². The molecule has 5 nitrogen and oxygen atoms in total. The average molecular weight is 412 g/mol. The van der Waals surface area contributed by atoms with Gasteiger partial charge in [-0.05, 0) is 43.7 Å². The monoisotopic (exact) mass is 410 g/mol. The van der Waals surface area contributed by atoms with Gasteiger partial charge in [-0.15, -0.1) is 0 Å². The Hall–Kier alpha value is -2.05. The normalized spacial score (nSPS) is 10.8. The fourth-order valence-electron chi connectivity index (χ4n) is 1.98. The summed E-state index contributed by atoms with van der Waals surface area (Å²) in [6, 6.07) is 8.44. The Kier molecular flexibility index (Phi) is 6.23. The molecule has 24 heavy (non-hydrogen) atoms. The molecule has 0 unspecified atom stereocenters. The second-order valence-corrected chi connectivity index (χ2v) is 6.28. The molecule has 0 aliphatic carbocycles. The largest absolute Gasteiger partial charge is 0.504 e. The first-order valence-corrected chi connectivity index (χ1v) is 8.34. The van der Waals surface area contributed by atoms with E-state index < -0.39 is 5.91 Å². The molecule has 7 heteroatoms. The zero-order chi connectivity index (χ0) is 17.7. The van der Waals surface area contributed by atoms with E-state index in [1.165, 1.54) is 6.21 Å². The van der Waals surface area contributed by atoms with Gasteiger partial charge in [0.2, 0.25) is 0 Å². The van der Waals surface area contributed by atoms with Crippen molar-refractivity contribution in [1.82, 2.24) is 5.43 Å². The van der Waals surface area contributed by atoms with Crippen molar-refractivity contribution in [2.75, 3.05) is 6.61 Å². The molecule has 0 atom stereocenters. The summed E-state index contributed by atoms with van der Waals surface area (Å²) < 4.78 is 6.06. The smallest absolute Gasteiger partial charge is 0.272 e. The van der Waals surface area contributed by atoms with Crippen molar-refractivity contribution < 1.29 is 14.6 Å². The summed E-state index contributed by atoms with van der Waals surface area (Å²) in [5, 5.41) is 14.3. The maximum atomic E-state index is 12.1. The van der Waals surface area contributed by atoms with Crippen LogP contribution in [0.5, 0.6) is 11.5 Å². The van der Waals surface area contributed by atoms with Crippen molar-refractivity contribution in [1.29, 1.82) is 0 Å². The predicted molar refractivity (Wildman–Crippen MR) is 98.2 cm³/mol. The van der Waals surface area contributed by atoms with E-state index in [0.717, 1.165) is 10.0 Å². The SMILES string of the molecule is CCOc1cc(Br)cc(/C=N/NC(=O)c2ccc(C)cc2Cl)c1O. The lowest BCUT2D eigenvalue weighted by atomic mass is 10.1. The van der Waals surface area contributed by atoms with Gasteiger partial charge in [-0.25, -0.2) is 5.43 Å². The predicted octanol–water partition coefficient (Wildman–Crippen LogP) is 4.28. The molecule has 0 aliphatic rings. The Morgan fingerprint density at radius 2 is 2.17 bits per heavy atom. The molecule has 0 bridgehead atoms. The topological polar surface area (TPSA) is 70.9 Å². The molecule has 2 aromatic carbocycles. The summed E-state index contributed by atoms with van der Waals surface area (Å²) >= 11 is 9.38. The van der Waals surface area contributed by atoms with E-state index in [4.69, 9.17) is 16.3 Å². The maximum Gasteiger partial charge on any atom is 0.272 e. The summed E-state index contributed by atoms with van der Waals surface area (Å²) in [7, 11) is 0. The van der Waals surface area contributed by atoms with Gasteiger partial charge in [0.1, 0.15) is 0 Å². The van der Waals surface area contributed by atoms with E-state index in [1.54, 1.807) is 30.3 Å². The third kappa shape index (κ3) is 4.49. The number of halogens is 2. The number of phenolic OH excluding ortho intramolecular Hbond substituents is 1. The molecule has 0 spiro atoms. The second-order valence-electron chi connectivity index (χ2n) is 4.96. The molecule has 2 aromatic rings. The molecular weight excluding hydrogens is 396 g/mol. The molecule has 0 saturated heterocycles. The van der Waals surface area contributed by atoms with Crippen molar-refractivity contribution in [2.45, 2.75) is 13.8 Å². The van der Waals surface area contributed by atoms with Gasteiger partial charge >= 0.3 is 0 Å². The molecule has 2 rings (SSSR count). The quantitative estimate of drug-likeness (QED) is 0.570. The van der Waals surface area contributed by atoms with Crippen LogP contribution in [0.1, 0.15) is 28.4 Å². The van der Waals surface area contributed by atoms with E-state index in [9.17, 15) is 9.90 Å². The summed E-state index contributed by atoms with van der Waals surface area (Å²) in [4.78, 5) is 12.1. The van der Waals surface area contributed by atoms with Crippen LogP contribution < -0.4 is 10.2 Å². The van der Waals surface area contributed by atoms with Crippen LogP contribution in [0.4, 0.5) is 0 Å². The molecule has 126 valence electrons. The highest BCUT2D eigenvalue weighted by atomic mass is 79.9. The van der Waals surface area contributed by atoms with Crippen molar-refractivity contribution >= 4 is 39.7 Å². The molecule has 0 fully saturated rings. The highest BCUT2D eigenvalue weighted by molar-refractivity contribution is 9.10. The third-order valence-electron chi connectivity index (χ3n) is 3.11. The van der Waals surface area contributed by atoms with E-state index in [0.29, 0.717) is 28.5 Å². The average Bonchev–Trinajstić information content (AvgIpc) is 2.51. The lowest BCUT2D eigenvalue weighted by Gasteiger charge is -2.08. The van der Waals surface area contributed by atoms with Crippen molar-refractivity contribution in [3.05, 3.63) is 56.5 Å². The van der Waals surface area contributed by atoms with E-state index in [-0.39, 0.29) is 5.75 Å². The first kappa shape index (κ1) is 18.3. The minimum absolute atomic E-state index is 0.0496. The molecule has 0 saturated carbocycles. The standard InChI is InChI=1S/C17H16BrClN2O3/c1-3-24-15-8-12(18)7-11(16(15)22)9-20-21-17(23)13-5-4-10(2)6-14(13)19/h4-9,22H,3H2,1-2H3,(H,21,23)/b20-9+. The number of hydrazone groups is 1. The van der Waals surface area contributed by atoms with Gasteiger partial charge in [0, 0.05) is 10.0 Å². The zero-order valence-corrected chi connectivity index (χ0v) is 15.5. The lowest BCUT2D eigenvalue weighted by Crippen LogP contribution is -2.18. The van der Waals surface area contributed by atoms with Crippen molar-refractivity contribution in [3.8, 4) is 11.5 Å². The van der Waals surface area contributed by atoms with Crippen LogP contribution in [-0.2, 0) is 0 Å². The summed E-state index contributed by atoms with van der Waals surface area (Å²) in [6.07, 6.45) is 1.34. The molecule has 0 radical (unpaired) electrons. The number of ether oxygens (including phenoxy) is 1. The number of nitrogens with one attached hydrogen (secondary N) is 1. The van der Waals surface area contributed by atoms with Crippen LogP contribution in [0.25, 0.3) is 0 Å². The van der Waals surface area contributed by atoms with Gasteiger partial charge in [0.25, 0.3) is 5.91 Å². The Morgan fingerprint density at radius 3 is 2.83 bits per heavy atom. The highest BCUT2D eigenvalue weighted by Crippen LogP contribution is 2.32. The zero-order valence-electron chi connectivity index (χ0n) is 13.1. The number of hydrogen-bond acceptors (Lipinski definition) is 4. The summed E-state index contributed by atoms with van der Waals surface area (Å²) in [6.45, 7) is 4.13. The van der Waals surface area contributed by atoms with Gasteiger partial charge in [0.05, 0.1) is 23.4 Å². The maximum absolute atomic E-state index is 12.1. The van der Waals surface area contributed by atoms with Crippen LogP contribution in [0.15, 0.2) is 39.9 Å². The number of phenols is 1. The lowest BCUT2D eigenvalue weighted by molar-refractivity contribution is 0.0955. The van der Waals surface area contributed by atoms with Crippen LogP contribution in [0, 0.1) is 6.92 Å². The number of hydrogen-bond donors (Lipinski definition) is 2. The van der Waals surface area contributed by atoms with Crippen molar-refractivity contribution in [3.63, 3.8) is 0 Å². The molecule has 2 N–H and O–H groups in total. The number of benzene rings is 2. The van der Waals surface area contributed by atoms with E-state index in [1.807, 2.05) is 13.8 Å². The number of rotatable bonds is 5. The fraction of sp³-hybridized carbons (Fsp3) is 0.176. The first-order valence-electron chi connectivity index (χ1n) is 7.17. The number of aryl methyl sites for hydroxylation is 1. The Balaban J connectivity index is 2.15. The first-order chi connectivity index (χ1) is 11.4. The summed E-state index contributed by atoms with van der Waals surface area (Å²) in [5.41, 5.74) is 4.08. The molecule has 0 heterocycles. The van der Waals surface area contributed by atoms with Gasteiger partial charge in [-0.2, -0.15) is 5.10 Å². The number of carbonyl (C=O) groups is 1. The highest BCUT2D eigenvalue weighted by Gasteiger charge is 2.11. The summed E-state index contributed by atoms with van der Waals surface area (Å²) in [5.74, 6) is -0.150. The molecule has 0 aliphatic heterocycles. The fourth-order valence-corrected chi connectivity index (χ4v) is 2.76. The number of aromatic hydroxyl groups is 1. The number of nitrogens with zero attached hydrogens (tertiary/aromatic N) is 1. The Bertz CT molecular complexity index is 794. The number of amides is 1.